The lowest BCUT2D eigenvalue weighted by atomic mass is 10.0. The second kappa shape index (κ2) is 5.85. The Hall–Kier alpha value is -0.870. The van der Waals surface area contributed by atoms with Crippen LogP contribution in [0.25, 0.3) is 5.57 Å². The van der Waals surface area contributed by atoms with Gasteiger partial charge in [0.1, 0.15) is 0 Å². The summed E-state index contributed by atoms with van der Waals surface area (Å²) in [6.07, 6.45) is 6.06. The van der Waals surface area contributed by atoms with E-state index in [-0.39, 0.29) is 7.92 Å². The quantitative estimate of drug-likeness (QED) is 0.670. The van der Waals surface area contributed by atoms with Gasteiger partial charge in [0, 0.05) is 0 Å². The molecule has 0 fully saturated rings. The third-order valence-corrected chi connectivity index (χ3v) is 6.33. The fraction of sp³-hybridized carbons (Fsp3) is 0.412. The highest BCUT2D eigenvalue weighted by Gasteiger charge is 2.18. The van der Waals surface area contributed by atoms with Gasteiger partial charge in [-0.15, -0.1) is 0 Å². The first kappa shape index (κ1) is 13.6. The molecule has 1 aromatic rings. The predicted molar refractivity (Wildman–Crippen MR) is 85.0 cm³/mol. The largest absolute Gasteiger partial charge is 0.0752 e. The monoisotopic (exact) mass is 258 g/mol. The molecule has 96 valence electrons. The summed E-state index contributed by atoms with van der Waals surface area (Å²) in [5, 5.41) is 1.61. The molecule has 0 heterocycles. The van der Waals surface area contributed by atoms with Crippen molar-refractivity contribution >= 4 is 18.8 Å². The van der Waals surface area contributed by atoms with Crippen molar-refractivity contribution in [2.45, 2.75) is 34.1 Å². The van der Waals surface area contributed by atoms with Gasteiger partial charge in [-0.2, -0.15) is 0 Å². The van der Waals surface area contributed by atoms with Crippen molar-refractivity contribution in [3.63, 3.8) is 0 Å². The molecule has 0 N–H and O–H groups in total. The van der Waals surface area contributed by atoms with Gasteiger partial charge in [-0.25, -0.2) is 0 Å². The highest BCUT2D eigenvalue weighted by Crippen LogP contribution is 2.39. The molecule has 0 bridgehead atoms. The second-order valence-electron chi connectivity index (χ2n) is 5.02. The molecule has 1 aromatic carbocycles. The van der Waals surface area contributed by atoms with Crippen LogP contribution in [0.3, 0.4) is 0 Å². The van der Waals surface area contributed by atoms with Crippen LogP contribution in [-0.4, -0.2) is 12.3 Å². The summed E-state index contributed by atoms with van der Waals surface area (Å²) >= 11 is 0. The van der Waals surface area contributed by atoms with E-state index in [1.54, 1.807) is 10.9 Å². The van der Waals surface area contributed by atoms with Crippen molar-refractivity contribution in [2.75, 3.05) is 12.3 Å². The molecule has 1 aliphatic carbocycles. The highest BCUT2D eigenvalue weighted by molar-refractivity contribution is 7.65. The van der Waals surface area contributed by atoms with Crippen LogP contribution in [0, 0.1) is 0 Å². The maximum Gasteiger partial charge on any atom is -0.00579 e. The van der Waals surface area contributed by atoms with E-state index in [9.17, 15) is 0 Å². The van der Waals surface area contributed by atoms with Crippen LogP contribution in [0.15, 0.2) is 41.5 Å². The fourth-order valence-corrected chi connectivity index (χ4v) is 4.78. The molecule has 18 heavy (non-hydrogen) atoms. The predicted octanol–water partition coefficient (Wildman–Crippen LogP) is 4.96. The van der Waals surface area contributed by atoms with Crippen molar-refractivity contribution in [2.24, 2.45) is 0 Å². The molecule has 0 atom stereocenters. The van der Waals surface area contributed by atoms with Crippen LogP contribution in [0.1, 0.15) is 39.7 Å². The van der Waals surface area contributed by atoms with Gasteiger partial charge >= 0.3 is 0 Å². The average molecular weight is 258 g/mol. The second-order valence-corrected chi connectivity index (χ2v) is 7.84. The highest BCUT2D eigenvalue weighted by atomic mass is 31.1. The summed E-state index contributed by atoms with van der Waals surface area (Å²) in [5.74, 6) is 0. The van der Waals surface area contributed by atoms with Gasteiger partial charge in [-0.3, -0.25) is 0 Å². The summed E-state index contributed by atoms with van der Waals surface area (Å²) < 4.78 is 0. The number of benzene rings is 1. The molecular formula is C17H23P. The van der Waals surface area contributed by atoms with E-state index in [2.05, 4.69) is 58.0 Å². The van der Waals surface area contributed by atoms with E-state index in [0.717, 1.165) is 6.42 Å². The average Bonchev–Trinajstić information content (AvgIpc) is 2.71. The number of hydrogen-bond donors (Lipinski definition) is 0. The first-order valence-corrected chi connectivity index (χ1v) is 8.59. The van der Waals surface area contributed by atoms with E-state index in [1.165, 1.54) is 29.0 Å². The third kappa shape index (κ3) is 2.59. The molecule has 0 saturated carbocycles. The summed E-state index contributed by atoms with van der Waals surface area (Å²) in [6, 6.07) is 9.06. The van der Waals surface area contributed by atoms with Crippen LogP contribution in [0.2, 0.25) is 0 Å². The Morgan fingerprint density at radius 3 is 2.28 bits per heavy atom. The number of allylic oxidation sites excluding steroid dienone is 4. The van der Waals surface area contributed by atoms with Crippen molar-refractivity contribution in [1.29, 1.82) is 0 Å². The molecule has 0 aliphatic heterocycles. The Bertz CT molecular complexity index is 490. The summed E-state index contributed by atoms with van der Waals surface area (Å²) in [7, 11) is 0.0211. The summed E-state index contributed by atoms with van der Waals surface area (Å²) in [4.78, 5) is 0. The zero-order chi connectivity index (χ0) is 13.1. The SMILES string of the molecule is CCP(CC)c1ccccc1C1=C(C)C=C(C)C1. The van der Waals surface area contributed by atoms with Crippen LogP contribution in [0.4, 0.5) is 0 Å². The van der Waals surface area contributed by atoms with E-state index in [0.29, 0.717) is 0 Å². The van der Waals surface area contributed by atoms with Crippen molar-refractivity contribution < 1.29 is 0 Å². The van der Waals surface area contributed by atoms with Crippen molar-refractivity contribution in [1.82, 2.24) is 0 Å². The summed E-state index contributed by atoms with van der Waals surface area (Å²) in [6.45, 7) is 9.14. The first-order valence-electron chi connectivity index (χ1n) is 6.88. The Balaban J connectivity index is 2.44. The topological polar surface area (TPSA) is 0 Å². The van der Waals surface area contributed by atoms with Crippen molar-refractivity contribution in [3.8, 4) is 0 Å². The molecule has 0 nitrogen and oxygen atoms in total. The lowest BCUT2D eigenvalue weighted by Crippen LogP contribution is -2.10. The molecule has 1 aliphatic rings. The van der Waals surface area contributed by atoms with Crippen LogP contribution < -0.4 is 5.30 Å². The zero-order valence-electron chi connectivity index (χ0n) is 12.0. The van der Waals surface area contributed by atoms with Gasteiger partial charge in [0.05, 0.1) is 0 Å². The van der Waals surface area contributed by atoms with Crippen LogP contribution in [-0.2, 0) is 0 Å². The van der Waals surface area contributed by atoms with Gasteiger partial charge in [0.25, 0.3) is 0 Å². The van der Waals surface area contributed by atoms with E-state index in [4.69, 9.17) is 0 Å². The van der Waals surface area contributed by atoms with Crippen molar-refractivity contribution in [3.05, 3.63) is 47.1 Å². The van der Waals surface area contributed by atoms with Gasteiger partial charge in [0.15, 0.2) is 0 Å². The molecule has 0 amide bonds. The smallest absolute Gasteiger partial charge is 0.00579 e. The molecule has 0 saturated heterocycles. The Morgan fingerprint density at radius 1 is 1.06 bits per heavy atom. The number of hydrogen-bond acceptors (Lipinski definition) is 0. The van der Waals surface area contributed by atoms with E-state index in [1.807, 2.05) is 0 Å². The van der Waals surface area contributed by atoms with E-state index < -0.39 is 0 Å². The minimum absolute atomic E-state index is 0.0211. The first-order chi connectivity index (χ1) is 8.67. The molecule has 0 unspecified atom stereocenters. The Kier molecular flexibility index (Phi) is 4.40. The van der Waals surface area contributed by atoms with Gasteiger partial charge in [0.2, 0.25) is 0 Å². The third-order valence-electron chi connectivity index (χ3n) is 3.73. The minimum atomic E-state index is 0.0211. The molecule has 0 radical (unpaired) electrons. The fourth-order valence-electron chi connectivity index (χ4n) is 2.80. The normalized spacial score (nSPS) is 15.5. The number of rotatable bonds is 4. The molecule has 0 aromatic heterocycles. The van der Waals surface area contributed by atoms with Gasteiger partial charge in [-0.1, -0.05) is 57.7 Å². The molecule has 1 heteroatoms. The Morgan fingerprint density at radius 2 is 1.72 bits per heavy atom. The maximum absolute atomic E-state index is 2.35. The van der Waals surface area contributed by atoms with Gasteiger partial charge in [-0.05, 0) is 54.6 Å². The Labute approximate surface area is 113 Å². The summed E-state index contributed by atoms with van der Waals surface area (Å²) in [5.41, 5.74) is 6.02. The molecule has 0 spiro atoms. The van der Waals surface area contributed by atoms with E-state index >= 15 is 0 Å². The zero-order valence-corrected chi connectivity index (χ0v) is 12.8. The lowest BCUT2D eigenvalue weighted by molar-refractivity contribution is 1.26. The van der Waals surface area contributed by atoms with Crippen LogP contribution in [0.5, 0.6) is 0 Å². The molecule has 2 rings (SSSR count). The standard InChI is InChI=1S/C17H23P/c1-5-18(6-2)17-10-8-7-9-15(17)16-12-13(3)11-14(16)4/h7-11H,5-6,12H2,1-4H3. The van der Waals surface area contributed by atoms with Crippen LogP contribution >= 0.6 is 7.92 Å². The minimum Gasteiger partial charge on any atom is -0.0752 e. The maximum atomic E-state index is 2.35. The lowest BCUT2D eigenvalue weighted by Gasteiger charge is -2.19. The molecular weight excluding hydrogens is 235 g/mol. The van der Waals surface area contributed by atoms with Gasteiger partial charge < -0.3 is 0 Å².